The minimum Gasteiger partial charge on any atom is -0.366 e. The molecule has 10 heteroatoms. The summed E-state index contributed by atoms with van der Waals surface area (Å²) in [7, 11) is -3.16. The third-order valence-corrected chi connectivity index (χ3v) is 6.13. The summed E-state index contributed by atoms with van der Waals surface area (Å²) in [6.07, 6.45) is 1.91. The van der Waals surface area contributed by atoms with Gasteiger partial charge in [-0.05, 0) is 25.5 Å². The molecule has 7 nitrogen and oxygen atoms in total. The van der Waals surface area contributed by atoms with Gasteiger partial charge in [0.2, 0.25) is 10.0 Å². The van der Waals surface area contributed by atoms with E-state index in [0.717, 1.165) is 38.7 Å². The van der Waals surface area contributed by atoms with Gasteiger partial charge in [0, 0.05) is 52.4 Å². The van der Waals surface area contributed by atoms with Gasteiger partial charge in [-0.3, -0.25) is 4.99 Å². The maximum atomic E-state index is 14.0. The Morgan fingerprint density at radius 1 is 1.21 bits per heavy atom. The van der Waals surface area contributed by atoms with Crippen LogP contribution >= 0.6 is 24.0 Å². The Labute approximate surface area is 191 Å². The number of halogens is 2. The van der Waals surface area contributed by atoms with Gasteiger partial charge in [-0.15, -0.1) is 24.0 Å². The normalized spacial score (nSPS) is 15.4. The fraction of sp³-hybridized carbons (Fsp3) is 0.632. The molecule has 0 unspecified atom stereocenters. The summed E-state index contributed by atoms with van der Waals surface area (Å²) in [6.45, 7) is 9.08. The maximum Gasteiger partial charge on any atom is 0.211 e. The second kappa shape index (κ2) is 12.5. The third-order valence-electron chi connectivity index (χ3n) is 4.76. The molecule has 1 heterocycles. The van der Waals surface area contributed by atoms with Gasteiger partial charge in [0.15, 0.2) is 5.96 Å². The van der Waals surface area contributed by atoms with E-state index in [1.54, 1.807) is 6.07 Å². The first-order valence-electron chi connectivity index (χ1n) is 9.84. The molecule has 0 radical (unpaired) electrons. The zero-order valence-electron chi connectivity index (χ0n) is 17.5. The fourth-order valence-electron chi connectivity index (χ4n) is 3.28. The summed E-state index contributed by atoms with van der Waals surface area (Å²) in [6, 6.07) is 6.86. The smallest absolute Gasteiger partial charge is 0.211 e. The number of hydrogen-bond acceptors (Lipinski definition) is 4. The SMILES string of the molecule is CCNC(=NCCCN(CC)S(C)(=O)=O)N1CCN(c2ccccc2F)CC1.I. The van der Waals surface area contributed by atoms with Crippen molar-refractivity contribution in [3.63, 3.8) is 0 Å². The average molecular weight is 541 g/mol. The van der Waals surface area contributed by atoms with Crippen LogP contribution in [-0.4, -0.2) is 82.2 Å². The molecule has 0 spiro atoms. The van der Waals surface area contributed by atoms with Crippen molar-refractivity contribution in [3.05, 3.63) is 30.1 Å². The number of aliphatic imine (C=N–C) groups is 1. The number of benzene rings is 1. The number of nitrogens with one attached hydrogen (secondary N) is 1. The lowest BCUT2D eigenvalue weighted by Gasteiger charge is -2.37. The van der Waals surface area contributed by atoms with E-state index >= 15 is 0 Å². The number of para-hydroxylation sites is 1. The van der Waals surface area contributed by atoms with Crippen molar-refractivity contribution in [3.8, 4) is 0 Å². The molecule has 2 rings (SSSR count). The van der Waals surface area contributed by atoms with Crippen LogP contribution in [-0.2, 0) is 10.0 Å². The Hall–Kier alpha value is -1.14. The first kappa shape index (κ1) is 25.9. The molecule has 1 fully saturated rings. The van der Waals surface area contributed by atoms with Crippen molar-refractivity contribution >= 4 is 45.6 Å². The van der Waals surface area contributed by atoms with Crippen molar-refractivity contribution in [2.24, 2.45) is 4.99 Å². The van der Waals surface area contributed by atoms with Crippen molar-refractivity contribution < 1.29 is 12.8 Å². The lowest BCUT2D eigenvalue weighted by molar-refractivity contribution is 0.370. The molecule has 0 aromatic heterocycles. The zero-order valence-corrected chi connectivity index (χ0v) is 20.6. The van der Waals surface area contributed by atoms with Crippen molar-refractivity contribution in [1.82, 2.24) is 14.5 Å². The van der Waals surface area contributed by atoms with Crippen LogP contribution in [0, 0.1) is 5.82 Å². The van der Waals surface area contributed by atoms with Gasteiger partial charge in [-0.25, -0.2) is 17.1 Å². The van der Waals surface area contributed by atoms with Gasteiger partial charge in [0.25, 0.3) is 0 Å². The number of rotatable bonds is 8. The first-order valence-corrected chi connectivity index (χ1v) is 11.7. The number of anilines is 1. The van der Waals surface area contributed by atoms with Gasteiger partial charge in [-0.2, -0.15) is 0 Å². The molecule has 166 valence electrons. The topological polar surface area (TPSA) is 68.2 Å². The molecule has 0 aliphatic carbocycles. The molecule has 0 atom stereocenters. The summed E-state index contributed by atoms with van der Waals surface area (Å²) in [5, 5.41) is 3.30. The van der Waals surface area contributed by atoms with Crippen LogP contribution in [0.1, 0.15) is 20.3 Å². The van der Waals surface area contributed by atoms with Gasteiger partial charge >= 0.3 is 0 Å². The van der Waals surface area contributed by atoms with Crippen LogP contribution in [0.4, 0.5) is 10.1 Å². The summed E-state index contributed by atoms with van der Waals surface area (Å²) in [4.78, 5) is 8.89. The molecule has 1 N–H and O–H groups in total. The summed E-state index contributed by atoms with van der Waals surface area (Å²) < 4.78 is 38.8. The van der Waals surface area contributed by atoms with E-state index in [0.29, 0.717) is 31.7 Å². The van der Waals surface area contributed by atoms with Gasteiger partial charge in [0.05, 0.1) is 11.9 Å². The van der Waals surface area contributed by atoms with Crippen molar-refractivity contribution in [1.29, 1.82) is 0 Å². The highest BCUT2D eigenvalue weighted by atomic mass is 127. The van der Waals surface area contributed by atoms with Crippen molar-refractivity contribution in [2.45, 2.75) is 20.3 Å². The van der Waals surface area contributed by atoms with E-state index in [-0.39, 0.29) is 29.8 Å². The largest absolute Gasteiger partial charge is 0.366 e. The zero-order chi connectivity index (χ0) is 20.6. The number of hydrogen-bond donors (Lipinski definition) is 1. The van der Waals surface area contributed by atoms with Gasteiger partial charge in [-0.1, -0.05) is 19.1 Å². The van der Waals surface area contributed by atoms with Crippen LogP contribution < -0.4 is 10.2 Å². The van der Waals surface area contributed by atoms with E-state index < -0.39 is 10.0 Å². The second-order valence-electron chi connectivity index (χ2n) is 6.77. The predicted octanol–water partition coefficient (Wildman–Crippen LogP) is 2.20. The van der Waals surface area contributed by atoms with Crippen LogP contribution in [0.2, 0.25) is 0 Å². The summed E-state index contributed by atoms with van der Waals surface area (Å²) in [5.41, 5.74) is 0.643. The minimum absolute atomic E-state index is 0. The van der Waals surface area contributed by atoms with Crippen LogP contribution in [0.3, 0.4) is 0 Å². The molecule has 29 heavy (non-hydrogen) atoms. The average Bonchev–Trinajstić information content (AvgIpc) is 2.67. The molecule has 1 aliphatic heterocycles. The highest BCUT2D eigenvalue weighted by Crippen LogP contribution is 2.20. The molecular formula is C19H33FIN5O2S. The number of sulfonamides is 1. The Kier molecular flexibility index (Phi) is 11.2. The molecule has 0 bridgehead atoms. The van der Waals surface area contributed by atoms with Crippen LogP contribution in [0.5, 0.6) is 0 Å². The Morgan fingerprint density at radius 3 is 2.41 bits per heavy atom. The number of guanidine groups is 1. The molecule has 1 aliphatic rings. The molecule has 0 saturated carbocycles. The predicted molar refractivity (Wildman–Crippen MR) is 128 cm³/mol. The molecular weight excluding hydrogens is 508 g/mol. The molecule has 0 amide bonds. The lowest BCUT2D eigenvalue weighted by Crippen LogP contribution is -2.52. The standard InChI is InChI=1S/C19H32FN5O2S.HI/c1-4-21-19(22-11-8-12-25(5-2)28(3,26)27)24-15-13-23(14-16-24)18-10-7-6-9-17(18)20;/h6-7,9-10H,4-5,8,11-16H2,1-3H3,(H,21,22);1H. The van der Waals surface area contributed by atoms with Crippen LogP contribution in [0.15, 0.2) is 29.3 Å². The molecule has 1 aromatic carbocycles. The number of nitrogens with zero attached hydrogens (tertiary/aromatic N) is 4. The summed E-state index contributed by atoms with van der Waals surface area (Å²) in [5.74, 6) is 0.640. The highest BCUT2D eigenvalue weighted by molar-refractivity contribution is 14.0. The van der Waals surface area contributed by atoms with E-state index in [2.05, 4.69) is 20.1 Å². The van der Waals surface area contributed by atoms with Crippen LogP contribution in [0.25, 0.3) is 0 Å². The first-order chi connectivity index (χ1) is 13.4. The second-order valence-corrected chi connectivity index (χ2v) is 8.75. The Bertz CT molecular complexity index is 755. The Morgan fingerprint density at radius 2 is 1.86 bits per heavy atom. The van der Waals surface area contributed by atoms with Gasteiger partial charge in [0.1, 0.15) is 5.82 Å². The summed E-state index contributed by atoms with van der Waals surface area (Å²) >= 11 is 0. The van der Waals surface area contributed by atoms with Crippen molar-refractivity contribution in [2.75, 3.05) is 63.5 Å². The fourth-order valence-corrected chi connectivity index (χ4v) is 4.21. The quantitative estimate of drug-likeness (QED) is 0.237. The minimum atomic E-state index is -3.16. The number of piperazine rings is 1. The Balaban J connectivity index is 0.00000420. The maximum absolute atomic E-state index is 14.0. The molecule has 1 aromatic rings. The van der Waals surface area contributed by atoms with Gasteiger partial charge < -0.3 is 15.1 Å². The van der Waals surface area contributed by atoms with E-state index in [9.17, 15) is 12.8 Å². The third kappa shape index (κ3) is 7.89. The lowest BCUT2D eigenvalue weighted by atomic mass is 10.2. The highest BCUT2D eigenvalue weighted by Gasteiger charge is 2.21. The van der Waals surface area contributed by atoms with E-state index in [1.807, 2.05) is 26.0 Å². The molecule has 1 saturated heterocycles. The van der Waals surface area contributed by atoms with E-state index in [4.69, 9.17) is 0 Å². The van der Waals surface area contributed by atoms with E-state index in [1.165, 1.54) is 16.6 Å². The monoisotopic (exact) mass is 541 g/mol.